The van der Waals surface area contributed by atoms with Gasteiger partial charge in [0.15, 0.2) is 5.50 Å². The average molecular weight is 236 g/mol. The zero-order valence-corrected chi connectivity index (χ0v) is 9.61. The Morgan fingerprint density at radius 2 is 2.19 bits per heavy atom. The maximum absolute atomic E-state index is 11.5. The number of ether oxygens (including phenoxy) is 1. The van der Waals surface area contributed by atoms with Gasteiger partial charge in [0, 0.05) is 13.2 Å². The van der Waals surface area contributed by atoms with Crippen molar-refractivity contribution in [3.63, 3.8) is 0 Å². The van der Waals surface area contributed by atoms with Crippen LogP contribution in [-0.4, -0.2) is 23.5 Å². The molecule has 1 heterocycles. The Labute approximate surface area is 98.3 Å². The molecule has 0 saturated heterocycles. The Kier molecular flexibility index (Phi) is 3.36. The largest absolute Gasteiger partial charge is 0.414 e. The van der Waals surface area contributed by atoms with Gasteiger partial charge in [-0.15, -0.1) is 0 Å². The molecule has 1 aliphatic heterocycles. The fourth-order valence-electron chi connectivity index (χ4n) is 1.24. The van der Waals surface area contributed by atoms with Crippen LogP contribution in [0.4, 0.5) is 4.79 Å². The van der Waals surface area contributed by atoms with Crippen molar-refractivity contribution in [1.29, 1.82) is 0 Å². The van der Waals surface area contributed by atoms with Gasteiger partial charge in [-0.2, -0.15) is 0 Å². The molecule has 0 aromatic heterocycles. The molecule has 2 rings (SSSR count). The fraction of sp³-hybridized carbons (Fsp3) is 0.182. The van der Waals surface area contributed by atoms with Gasteiger partial charge in [-0.25, -0.2) is 4.79 Å². The number of nitrogens with zero attached hydrogens (tertiary/aromatic N) is 1. The summed E-state index contributed by atoms with van der Waals surface area (Å²) in [5, 5.41) is 4.67. The summed E-state index contributed by atoms with van der Waals surface area (Å²) in [7, 11) is 1.89. The van der Waals surface area contributed by atoms with Crippen molar-refractivity contribution >= 4 is 17.9 Å². The zero-order valence-electron chi connectivity index (χ0n) is 8.79. The predicted octanol–water partition coefficient (Wildman–Crippen LogP) is 2.21. The Morgan fingerprint density at radius 3 is 2.81 bits per heavy atom. The first-order chi connectivity index (χ1) is 7.75. The molecule has 0 fully saturated rings. The van der Waals surface area contributed by atoms with Crippen molar-refractivity contribution < 1.29 is 9.53 Å². The van der Waals surface area contributed by atoms with Crippen LogP contribution in [0.2, 0.25) is 0 Å². The van der Waals surface area contributed by atoms with E-state index in [1.807, 2.05) is 41.8 Å². The van der Waals surface area contributed by atoms with E-state index in [2.05, 4.69) is 5.32 Å². The third-order valence-corrected chi connectivity index (χ3v) is 3.06. The molecule has 1 aromatic rings. The van der Waals surface area contributed by atoms with Crippen LogP contribution in [0.25, 0.3) is 0 Å². The van der Waals surface area contributed by atoms with Crippen LogP contribution < -0.4 is 10.1 Å². The molecule has 1 aromatic carbocycles. The van der Waals surface area contributed by atoms with E-state index in [0.29, 0.717) is 5.75 Å². The Bertz CT molecular complexity index is 394. The molecule has 5 heteroatoms. The lowest BCUT2D eigenvalue weighted by Crippen LogP contribution is -2.41. The normalized spacial score (nSPS) is 18.6. The summed E-state index contributed by atoms with van der Waals surface area (Å²) < 4.78 is 5.11. The summed E-state index contributed by atoms with van der Waals surface area (Å²) in [6, 6.07) is 8.99. The van der Waals surface area contributed by atoms with Crippen molar-refractivity contribution in [3.8, 4) is 5.75 Å². The van der Waals surface area contributed by atoms with Crippen molar-refractivity contribution in [2.75, 3.05) is 7.05 Å². The molecule has 0 saturated carbocycles. The molecule has 0 spiro atoms. The molecular weight excluding hydrogens is 224 g/mol. The standard InChI is InChI=1S/C11H12N2O2S/c1-13-7-8-16-10(13)12-11(14)15-9-5-3-2-4-6-9/h2-8,10H,1H3,(H,12,14). The Hall–Kier alpha value is -1.62. The molecule has 1 atom stereocenters. The summed E-state index contributed by atoms with van der Waals surface area (Å²) in [6.07, 6.45) is 1.46. The maximum Gasteiger partial charge on any atom is 0.414 e. The molecule has 1 amide bonds. The van der Waals surface area contributed by atoms with Crippen LogP contribution in [-0.2, 0) is 0 Å². The lowest BCUT2D eigenvalue weighted by Gasteiger charge is -2.20. The molecule has 0 bridgehead atoms. The summed E-state index contributed by atoms with van der Waals surface area (Å²) in [6.45, 7) is 0. The molecule has 16 heavy (non-hydrogen) atoms. The highest BCUT2D eigenvalue weighted by molar-refractivity contribution is 8.02. The average Bonchev–Trinajstić information content (AvgIpc) is 2.66. The highest BCUT2D eigenvalue weighted by Gasteiger charge is 2.19. The monoisotopic (exact) mass is 236 g/mol. The topological polar surface area (TPSA) is 41.6 Å². The van der Waals surface area contributed by atoms with Crippen molar-refractivity contribution in [3.05, 3.63) is 41.9 Å². The second-order valence-corrected chi connectivity index (χ2v) is 4.28. The first kappa shape index (κ1) is 10.9. The maximum atomic E-state index is 11.5. The summed E-state index contributed by atoms with van der Waals surface area (Å²) in [5.74, 6) is 0.540. The van der Waals surface area contributed by atoms with Gasteiger partial charge in [0.05, 0.1) is 0 Å². The number of rotatable bonds is 2. The smallest absolute Gasteiger partial charge is 0.410 e. The first-order valence-corrected chi connectivity index (χ1v) is 5.77. The lowest BCUT2D eigenvalue weighted by molar-refractivity contribution is 0.193. The van der Waals surface area contributed by atoms with Gasteiger partial charge >= 0.3 is 6.09 Å². The molecule has 4 nitrogen and oxygen atoms in total. The molecule has 0 radical (unpaired) electrons. The number of thioether (sulfide) groups is 1. The molecule has 0 aliphatic carbocycles. The number of benzene rings is 1. The van der Waals surface area contributed by atoms with Gasteiger partial charge in [0.25, 0.3) is 0 Å². The molecular formula is C11H12N2O2S. The van der Waals surface area contributed by atoms with Gasteiger partial charge in [-0.05, 0) is 17.5 Å². The zero-order chi connectivity index (χ0) is 11.4. The van der Waals surface area contributed by atoms with Gasteiger partial charge in [-0.1, -0.05) is 30.0 Å². The number of amides is 1. The lowest BCUT2D eigenvalue weighted by atomic mass is 10.3. The quantitative estimate of drug-likeness (QED) is 0.854. The minimum absolute atomic E-state index is 0.0868. The van der Waals surface area contributed by atoms with Gasteiger partial charge < -0.3 is 9.64 Å². The second kappa shape index (κ2) is 4.94. The van der Waals surface area contributed by atoms with E-state index in [1.165, 1.54) is 11.8 Å². The molecule has 84 valence electrons. The van der Waals surface area contributed by atoms with Crippen LogP contribution in [0.1, 0.15) is 0 Å². The van der Waals surface area contributed by atoms with Crippen LogP contribution in [0.15, 0.2) is 41.9 Å². The van der Waals surface area contributed by atoms with Crippen LogP contribution >= 0.6 is 11.8 Å². The number of carbonyl (C=O) groups is 1. The molecule has 1 N–H and O–H groups in total. The minimum Gasteiger partial charge on any atom is -0.410 e. The third kappa shape index (κ3) is 2.70. The fourth-order valence-corrected chi connectivity index (χ4v) is 2.08. The van der Waals surface area contributed by atoms with E-state index in [4.69, 9.17) is 4.74 Å². The highest BCUT2D eigenvalue weighted by Crippen LogP contribution is 2.20. The number of carbonyl (C=O) groups excluding carboxylic acids is 1. The predicted molar refractivity (Wildman–Crippen MR) is 63.9 cm³/mol. The van der Waals surface area contributed by atoms with Crippen molar-refractivity contribution in [1.82, 2.24) is 10.2 Å². The van der Waals surface area contributed by atoms with E-state index >= 15 is 0 Å². The van der Waals surface area contributed by atoms with E-state index in [0.717, 1.165) is 0 Å². The van der Waals surface area contributed by atoms with E-state index in [-0.39, 0.29) is 5.50 Å². The van der Waals surface area contributed by atoms with E-state index in [9.17, 15) is 4.79 Å². The van der Waals surface area contributed by atoms with Crippen LogP contribution in [0.5, 0.6) is 5.75 Å². The van der Waals surface area contributed by atoms with E-state index < -0.39 is 6.09 Å². The number of hydrogen-bond acceptors (Lipinski definition) is 4. The summed E-state index contributed by atoms with van der Waals surface area (Å²) >= 11 is 1.52. The van der Waals surface area contributed by atoms with Crippen LogP contribution in [0.3, 0.4) is 0 Å². The summed E-state index contributed by atoms with van der Waals surface area (Å²) in [5.41, 5.74) is -0.0868. The number of nitrogens with one attached hydrogen (secondary N) is 1. The minimum atomic E-state index is -0.445. The van der Waals surface area contributed by atoms with E-state index in [1.54, 1.807) is 12.1 Å². The second-order valence-electron chi connectivity index (χ2n) is 3.29. The molecule has 1 aliphatic rings. The van der Waals surface area contributed by atoms with Gasteiger partial charge in [0.1, 0.15) is 5.75 Å². The third-order valence-electron chi connectivity index (χ3n) is 2.07. The van der Waals surface area contributed by atoms with Gasteiger partial charge in [-0.3, -0.25) is 5.32 Å². The van der Waals surface area contributed by atoms with Crippen molar-refractivity contribution in [2.24, 2.45) is 0 Å². The number of hydrogen-bond donors (Lipinski definition) is 1. The van der Waals surface area contributed by atoms with Gasteiger partial charge in [0.2, 0.25) is 0 Å². The first-order valence-electron chi connectivity index (χ1n) is 4.83. The highest BCUT2D eigenvalue weighted by atomic mass is 32.2. The summed E-state index contributed by atoms with van der Waals surface area (Å²) in [4.78, 5) is 13.4. The SMILES string of the molecule is CN1C=CSC1NC(=O)Oc1ccccc1. The number of para-hydroxylation sites is 1. The van der Waals surface area contributed by atoms with Crippen LogP contribution in [0, 0.1) is 0 Å². The molecule has 1 unspecified atom stereocenters. The Balaban J connectivity index is 1.85. The Morgan fingerprint density at radius 1 is 1.44 bits per heavy atom. The van der Waals surface area contributed by atoms with Crippen molar-refractivity contribution in [2.45, 2.75) is 5.50 Å².